The Balaban J connectivity index is 1.40. The number of aliphatic hydroxyl groups excluding tert-OH is 1. The number of ether oxygens (including phenoxy) is 1. The van der Waals surface area contributed by atoms with Gasteiger partial charge in [-0.25, -0.2) is 14.3 Å². The van der Waals surface area contributed by atoms with Crippen LogP contribution in [0.5, 0.6) is 5.75 Å². The van der Waals surface area contributed by atoms with Crippen molar-refractivity contribution in [3.63, 3.8) is 0 Å². The molecule has 204 valence electrons. The van der Waals surface area contributed by atoms with Crippen LogP contribution in [-0.4, -0.2) is 52.8 Å². The molecule has 2 heterocycles. The van der Waals surface area contributed by atoms with Crippen molar-refractivity contribution in [2.24, 2.45) is 5.41 Å². The molecule has 10 heteroatoms. The third kappa shape index (κ3) is 6.07. The summed E-state index contributed by atoms with van der Waals surface area (Å²) >= 11 is 6.43. The van der Waals surface area contributed by atoms with Crippen LogP contribution in [0.2, 0.25) is 5.02 Å². The van der Waals surface area contributed by atoms with Crippen LogP contribution in [0.25, 0.3) is 10.9 Å². The monoisotopic (exact) mass is 547 g/mol. The summed E-state index contributed by atoms with van der Waals surface area (Å²) in [5, 5.41) is 21.6. The van der Waals surface area contributed by atoms with Gasteiger partial charge in [-0.2, -0.15) is 0 Å². The van der Waals surface area contributed by atoms with E-state index in [1.165, 1.54) is 24.4 Å². The number of hydroxylamine groups is 1. The van der Waals surface area contributed by atoms with Crippen LogP contribution < -0.4 is 10.2 Å². The molecular formula is C28H32ClF2N3O4. The molecule has 1 aliphatic heterocycles. The number of pyridine rings is 1. The highest BCUT2D eigenvalue weighted by Gasteiger charge is 2.41. The number of amides is 1. The lowest BCUT2D eigenvalue weighted by atomic mass is 9.73. The lowest BCUT2D eigenvalue weighted by Gasteiger charge is -2.40. The molecule has 3 aromatic rings. The number of fused-ring (bicyclic) bond motifs is 1. The molecule has 0 saturated carbocycles. The molecule has 1 aromatic heterocycles. The Bertz CT molecular complexity index is 1260. The van der Waals surface area contributed by atoms with Gasteiger partial charge in [-0.05, 0) is 88.5 Å². The van der Waals surface area contributed by atoms with E-state index >= 15 is 0 Å². The fraction of sp³-hybridized carbons (Fsp3) is 0.429. The number of halogens is 3. The fourth-order valence-corrected chi connectivity index (χ4v) is 5.63. The van der Waals surface area contributed by atoms with E-state index in [1.807, 2.05) is 5.48 Å². The predicted octanol–water partition coefficient (Wildman–Crippen LogP) is 5.21. The summed E-state index contributed by atoms with van der Waals surface area (Å²) in [7, 11) is 1.55. The number of nitrogens with zero attached hydrogens (tertiary/aromatic N) is 2. The van der Waals surface area contributed by atoms with E-state index in [9.17, 15) is 23.9 Å². The molecule has 1 fully saturated rings. The van der Waals surface area contributed by atoms with Gasteiger partial charge in [-0.3, -0.25) is 15.0 Å². The molecule has 0 bridgehead atoms. The van der Waals surface area contributed by atoms with Crippen LogP contribution >= 0.6 is 11.6 Å². The first-order valence-corrected chi connectivity index (χ1v) is 13.1. The van der Waals surface area contributed by atoms with Crippen LogP contribution in [0.3, 0.4) is 0 Å². The SMILES string of the molecule is COc1ccc2ncc(Cl)c(C(O)CCC3(C(=O)NO)CCN(CCCc4c(F)cccc4F)CC3)c2c1. The molecule has 4 rings (SSSR count). The Morgan fingerprint density at radius 1 is 1.24 bits per heavy atom. The summed E-state index contributed by atoms with van der Waals surface area (Å²) < 4.78 is 33.1. The van der Waals surface area contributed by atoms with Gasteiger partial charge in [-0.1, -0.05) is 17.7 Å². The van der Waals surface area contributed by atoms with Gasteiger partial charge in [0.25, 0.3) is 0 Å². The average molecular weight is 548 g/mol. The number of methoxy groups -OCH3 is 1. The highest BCUT2D eigenvalue weighted by molar-refractivity contribution is 6.32. The number of aromatic nitrogens is 1. The number of benzene rings is 2. The molecule has 1 saturated heterocycles. The number of hydrogen-bond donors (Lipinski definition) is 3. The lowest BCUT2D eigenvalue weighted by Crippen LogP contribution is -2.48. The molecule has 38 heavy (non-hydrogen) atoms. The van der Waals surface area contributed by atoms with Crippen LogP contribution in [-0.2, 0) is 11.2 Å². The molecule has 7 nitrogen and oxygen atoms in total. The summed E-state index contributed by atoms with van der Waals surface area (Å²) in [5.41, 5.74) is 2.22. The van der Waals surface area contributed by atoms with Gasteiger partial charge in [0.05, 0.1) is 29.2 Å². The van der Waals surface area contributed by atoms with Crippen molar-refractivity contribution < 1.29 is 28.6 Å². The Labute approximate surface area is 225 Å². The molecule has 1 aliphatic rings. The minimum atomic E-state index is -0.961. The topological polar surface area (TPSA) is 94.9 Å². The number of rotatable bonds is 10. The van der Waals surface area contributed by atoms with Gasteiger partial charge in [0.2, 0.25) is 5.91 Å². The number of carbonyl (C=O) groups is 1. The average Bonchev–Trinajstić information content (AvgIpc) is 2.93. The van der Waals surface area contributed by atoms with Gasteiger partial charge in [0.1, 0.15) is 17.4 Å². The normalized spacial score (nSPS) is 16.4. The highest BCUT2D eigenvalue weighted by Crippen LogP contribution is 2.41. The molecular weight excluding hydrogens is 516 g/mol. The second kappa shape index (κ2) is 12.3. The molecule has 1 atom stereocenters. The molecule has 1 unspecified atom stereocenters. The minimum absolute atomic E-state index is 0.0902. The Morgan fingerprint density at radius 2 is 1.95 bits per heavy atom. The zero-order chi connectivity index (χ0) is 27.3. The third-order valence-electron chi connectivity index (χ3n) is 7.66. The van der Waals surface area contributed by atoms with Gasteiger partial charge < -0.3 is 14.7 Å². The van der Waals surface area contributed by atoms with E-state index in [2.05, 4.69) is 9.88 Å². The van der Waals surface area contributed by atoms with Crippen molar-refractivity contribution in [3.8, 4) is 5.75 Å². The predicted molar refractivity (Wildman–Crippen MR) is 140 cm³/mol. The van der Waals surface area contributed by atoms with E-state index in [4.69, 9.17) is 16.3 Å². The number of aliphatic hydroxyl groups is 1. The number of hydrogen-bond acceptors (Lipinski definition) is 6. The van der Waals surface area contributed by atoms with Crippen LogP contribution in [0, 0.1) is 17.0 Å². The smallest absolute Gasteiger partial charge is 0.249 e. The molecule has 3 N–H and O–H groups in total. The number of piperidine rings is 1. The first-order chi connectivity index (χ1) is 18.3. The van der Waals surface area contributed by atoms with E-state index in [-0.39, 0.29) is 18.4 Å². The quantitative estimate of drug-likeness (QED) is 0.238. The van der Waals surface area contributed by atoms with Crippen molar-refractivity contribution in [2.75, 3.05) is 26.7 Å². The van der Waals surface area contributed by atoms with Gasteiger partial charge in [0.15, 0.2) is 0 Å². The van der Waals surface area contributed by atoms with Crippen LogP contribution in [0.4, 0.5) is 8.78 Å². The van der Waals surface area contributed by atoms with Gasteiger partial charge in [-0.15, -0.1) is 0 Å². The summed E-state index contributed by atoms with van der Waals surface area (Å²) in [6.07, 6.45) is 2.92. The standard InChI is InChI=1S/C28H32ClF2N3O4/c1-38-18-7-8-24-20(16-18)26(21(29)17-32-24)25(35)9-10-28(27(36)33-37)11-14-34(15-12-28)13-3-4-19-22(30)5-2-6-23(19)31/h2,5-8,16-17,25,35,37H,3-4,9-15H2,1H3,(H,33,36). The zero-order valence-corrected chi connectivity index (χ0v) is 22.0. The summed E-state index contributed by atoms with van der Waals surface area (Å²) in [6, 6.07) is 9.21. The lowest BCUT2D eigenvalue weighted by molar-refractivity contribution is -0.143. The van der Waals surface area contributed by atoms with Crippen LogP contribution in [0.15, 0.2) is 42.6 Å². The molecule has 0 radical (unpaired) electrons. The van der Waals surface area contributed by atoms with Crippen molar-refractivity contribution in [3.05, 3.63) is 70.4 Å². The van der Waals surface area contributed by atoms with E-state index in [1.54, 1.807) is 25.3 Å². The molecule has 0 spiro atoms. The summed E-state index contributed by atoms with van der Waals surface area (Å²) in [4.78, 5) is 19.3. The van der Waals surface area contributed by atoms with Gasteiger partial charge in [0, 0.05) is 22.7 Å². The minimum Gasteiger partial charge on any atom is -0.497 e. The van der Waals surface area contributed by atoms with Gasteiger partial charge >= 0.3 is 0 Å². The Morgan fingerprint density at radius 3 is 2.61 bits per heavy atom. The summed E-state index contributed by atoms with van der Waals surface area (Å²) in [6.45, 7) is 1.80. The van der Waals surface area contributed by atoms with Crippen molar-refractivity contribution in [1.82, 2.24) is 15.4 Å². The molecule has 1 amide bonds. The molecule has 2 aromatic carbocycles. The second-order valence-corrected chi connectivity index (χ2v) is 10.2. The first-order valence-electron chi connectivity index (χ1n) is 12.7. The van der Waals surface area contributed by atoms with E-state index in [0.717, 1.165) is 0 Å². The van der Waals surface area contributed by atoms with Crippen molar-refractivity contribution in [1.29, 1.82) is 0 Å². The van der Waals surface area contributed by atoms with Crippen molar-refractivity contribution in [2.45, 2.75) is 44.6 Å². The molecule has 0 aliphatic carbocycles. The number of carbonyl (C=O) groups excluding carboxylic acids is 1. The van der Waals surface area contributed by atoms with Crippen molar-refractivity contribution >= 4 is 28.4 Å². The first kappa shape index (κ1) is 28.2. The number of likely N-dealkylation sites (tertiary alicyclic amines) is 1. The maximum absolute atomic E-state index is 13.9. The second-order valence-electron chi connectivity index (χ2n) is 9.82. The van der Waals surface area contributed by atoms with E-state index < -0.39 is 29.1 Å². The fourth-order valence-electron chi connectivity index (χ4n) is 5.36. The zero-order valence-electron chi connectivity index (χ0n) is 21.2. The largest absolute Gasteiger partial charge is 0.497 e. The summed E-state index contributed by atoms with van der Waals surface area (Å²) in [5.74, 6) is -0.955. The Kier molecular flexibility index (Phi) is 9.15. The van der Waals surface area contributed by atoms with Crippen LogP contribution in [0.1, 0.15) is 49.3 Å². The maximum atomic E-state index is 13.9. The highest BCUT2D eigenvalue weighted by atomic mass is 35.5. The maximum Gasteiger partial charge on any atom is 0.249 e. The van der Waals surface area contributed by atoms with E-state index in [0.29, 0.717) is 72.6 Å². The number of nitrogens with one attached hydrogen (secondary N) is 1. The third-order valence-corrected chi connectivity index (χ3v) is 7.96. The Hall–Kier alpha value is -2.85.